The Morgan fingerprint density at radius 1 is 1.29 bits per heavy atom. The van der Waals surface area contributed by atoms with Crippen LogP contribution in [0, 0.1) is 18.4 Å². The van der Waals surface area contributed by atoms with Gasteiger partial charge in [0.05, 0.1) is 5.56 Å². The minimum Gasteiger partial charge on any atom is -1.00 e. The fourth-order valence-electron chi connectivity index (χ4n) is 1.01. The molecule has 0 saturated carbocycles. The van der Waals surface area contributed by atoms with Gasteiger partial charge in [-0.1, -0.05) is 6.07 Å². The molecular weight excluding hydrogens is 202 g/mol. The van der Waals surface area contributed by atoms with Gasteiger partial charge in [0.2, 0.25) is 0 Å². The summed E-state index contributed by atoms with van der Waals surface area (Å²) >= 11 is 0. The van der Waals surface area contributed by atoms with E-state index >= 15 is 0 Å². The molecule has 0 aliphatic heterocycles. The third-order valence-electron chi connectivity index (χ3n) is 1.93. The lowest BCUT2D eigenvalue weighted by Gasteiger charge is -1.98. The molecule has 0 aromatic heterocycles. The number of nitroso groups, excluding NO2 is 1. The number of amides is 1. The molecule has 0 bridgehead atoms. The zero-order chi connectivity index (χ0) is 9.84. The van der Waals surface area contributed by atoms with Crippen molar-refractivity contribution in [2.45, 2.75) is 13.8 Å². The average Bonchev–Trinajstić information content (AvgIpc) is 2.10. The highest BCUT2D eigenvalue weighted by Crippen LogP contribution is 2.10. The van der Waals surface area contributed by atoms with E-state index in [-0.39, 0.29) is 18.3 Å². The second-order valence-electron chi connectivity index (χ2n) is 2.88. The van der Waals surface area contributed by atoms with Crippen molar-refractivity contribution >= 4 is 5.91 Å². The normalized spacial score (nSPS) is 9.93. The maximum absolute atomic E-state index is 11.2. The summed E-state index contributed by atoms with van der Waals surface area (Å²) in [6.07, 6.45) is 0. The van der Waals surface area contributed by atoms with E-state index in [0.29, 0.717) is 5.56 Å². The Hall–Kier alpha value is -1.22. The van der Waals surface area contributed by atoms with Crippen LogP contribution >= 0.6 is 0 Å². The fraction of sp³-hybridized carbons (Fsp3) is 0.300. The maximum atomic E-state index is 11.2. The average molecular weight is 214 g/mol. The van der Waals surface area contributed by atoms with Gasteiger partial charge in [0, 0.05) is 0 Å². The molecular formula is C10H12ClNO2. The summed E-state index contributed by atoms with van der Waals surface area (Å²) in [5.41, 5.74) is 2.80. The lowest BCUT2D eigenvalue weighted by molar-refractivity contribution is -0.0000109. The van der Waals surface area contributed by atoms with Crippen LogP contribution in [0.1, 0.15) is 21.5 Å². The molecule has 0 unspecified atom stereocenters. The molecule has 0 atom stereocenters. The highest BCUT2D eigenvalue weighted by atomic mass is 35.5. The Bertz CT molecular complexity index is 361. The Balaban J connectivity index is 0.00000169. The standard InChI is InChI=1S/C10H12NO2.ClH/c1-7-4-5-9(6-8(7)2)10(12)11-13-3;/h4-6H,1-3H3;1H/q+1;/p-1. The number of benzene rings is 1. The summed E-state index contributed by atoms with van der Waals surface area (Å²) in [4.78, 5) is 11.2. The first-order chi connectivity index (χ1) is 6.15. The number of carbonyl (C=O) groups excluding carboxylic acids is 1. The molecule has 0 aliphatic rings. The van der Waals surface area contributed by atoms with Crippen LogP contribution in [0.3, 0.4) is 0 Å². The Morgan fingerprint density at radius 3 is 2.43 bits per heavy atom. The number of halogens is 1. The first-order valence-corrected chi connectivity index (χ1v) is 4.01. The number of rotatable bonds is 1. The smallest absolute Gasteiger partial charge is 0.371 e. The Kier molecular flexibility index (Phi) is 5.02. The van der Waals surface area contributed by atoms with Crippen LogP contribution < -0.4 is 12.4 Å². The van der Waals surface area contributed by atoms with Crippen molar-refractivity contribution in [2.75, 3.05) is 7.11 Å². The highest BCUT2D eigenvalue weighted by molar-refractivity contribution is 5.95. The van der Waals surface area contributed by atoms with E-state index < -0.39 is 0 Å². The zero-order valence-electron chi connectivity index (χ0n) is 8.37. The summed E-state index contributed by atoms with van der Waals surface area (Å²) in [6, 6.07) is 5.45. The minimum absolute atomic E-state index is 0. The molecule has 76 valence electrons. The first-order valence-electron chi connectivity index (χ1n) is 4.01. The van der Waals surface area contributed by atoms with E-state index in [2.05, 4.69) is 9.71 Å². The molecule has 0 aliphatic carbocycles. The maximum Gasteiger partial charge on any atom is 0.371 e. The topological polar surface area (TPSA) is 40.7 Å². The predicted octanol–water partition coefficient (Wildman–Crippen LogP) is -0.620. The molecule has 1 aromatic carbocycles. The van der Waals surface area contributed by atoms with Gasteiger partial charge in [-0.2, -0.15) is 0 Å². The molecule has 4 heteroatoms. The van der Waals surface area contributed by atoms with Gasteiger partial charge in [0.15, 0.2) is 5.18 Å². The largest absolute Gasteiger partial charge is 1.00 e. The Morgan fingerprint density at radius 2 is 1.93 bits per heavy atom. The monoisotopic (exact) mass is 213 g/mol. The molecule has 0 spiro atoms. The number of hydrogen-bond acceptors (Lipinski definition) is 1. The van der Waals surface area contributed by atoms with Gasteiger partial charge in [0.25, 0.3) is 7.11 Å². The van der Waals surface area contributed by atoms with Crippen LogP contribution in [0.15, 0.2) is 23.4 Å². The lowest BCUT2D eigenvalue weighted by Crippen LogP contribution is -3.00. The fourth-order valence-corrected chi connectivity index (χ4v) is 1.01. The second kappa shape index (κ2) is 5.50. The quantitative estimate of drug-likeness (QED) is 0.574. The van der Waals surface area contributed by atoms with Crippen molar-refractivity contribution < 1.29 is 17.2 Å². The summed E-state index contributed by atoms with van der Waals surface area (Å²) < 4.78 is 4.40. The van der Waals surface area contributed by atoms with Crippen molar-refractivity contribution in [3.8, 4) is 0 Å². The molecule has 3 nitrogen and oxygen atoms in total. The number of nitrogens with zero attached hydrogens (tertiary/aromatic N) is 1. The van der Waals surface area contributed by atoms with Crippen LogP contribution in [0.5, 0.6) is 0 Å². The van der Waals surface area contributed by atoms with Crippen molar-refractivity contribution in [2.24, 2.45) is 5.18 Å². The van der Waals surface area contributed by atoms with Crippen molar-refractivity contribution in [3.05, 3.63) is 39.4 Å². The SMILES string of the molecule is C[O+]=NC(=O)c1ccc(C)c(C)c1.[Cl-]. The van der Waals surface area contributed by atoms with E-state index in [1.165, 1.54) is 7.11 Å². The van der Waals surface area contributed by atoms with Crippen molar-refractivity contribution in [1.29, 1.82) is 0 Å². The van der Waals surface area contributed by atoms with Crippen LogP contribution in [-0.2, 0) is 0 Å². The number of carbonyl (C=O) groups is 1. The van der Waals surface area contributed by atoms with Gasteiger partial charge >= 0.3 is 5.91 Å². The molecule has 0 radical (unpaired) electrons. The third kappa shape index (κ3) is 2.92. The van der Waals surface area contributed by atoms with Crippen LogP contribution in [0.2, 0.25) is 0 Å². The lowest BCUT2D eigenvalue weighted by atomic mass is 10.1. The zero-order valence-corrected chi connectivity index (χ0v) is 9.13. The van der Waals surface area contributed by atoms with Crippen molar-refractivity contribution in [1.82, 2.24) is 0 Å². The third-order valence-corrected chi connectivity index (χ3v) is 1.93. The predicted molar refractivity (Wildman–Crippen MR) is 52.0 cm³/mol. The van der Waals surface area contributed by atoms with E-state index in [0.717, 1.165) is 11.1 Å². The van der Waals surface area contributed by atoms with Crippen LogP contribution in [0.25, 0.3) is 0 Å². The Labute approximate surface area is 89.2 Å². The van der Waals surface area contributed by atoms with Gasteiger partial charge in [-0.3, -0.25) is 4.79 Å². The molecule has 0 N–H and O–H groups in total. The summed E-state index contributed by atoms with van der Waals surface area (Å²) in [5.74, 6) is -0.342. The minimum atomic E-state index is -0.342. The van der Waals surface area contributed by atoms with E-state index in [1.54, 1.807) is 12.1 Å². The summed E-state index contributed by atoms with van der Waals surface area (Å²) in [7, 11) is 1.36. The summed E-state index contributed by atoms with van der Waals surface area (Å²) in [5, 5.41) is 3.33. The van der Waals surface area contributed by atoms with Crippen LogP contribution in [0.4, 0.5) is 0 Å². The summed E-state index contributed by atoms with van der Waals surface area (Å²) in [6.45, 7) is 3.95. The van der Waals surface area contributed by atoms with Gasteiger partial charge in [-0.15, -0.1) is 4.54 Å². The molecule has 14 heavy (non-hydrogen) atoms. The van der Waals surface area contributed by atoms with Gasteiger partial charge in [0.1, 0.15) is 0 Å². The molecule has 0 saturated heterocycles. The van der Waals surface area contributed by atoms with Crippen LogP contribution in [-0.4, -0.2) is 13.0 Å². The van der Waals surface area contributed by atoms with Gasteiger partial charge in [-0.05, 0) is 37.1 Å². The van der Waals surface area contributed by atoms with Gasteiger partial charge < -0.3 is 12.4 Å². The van der Waals surface area contributed by atoms with E-state index in [1.807, 2.05) is 19.9 Å². The first kappa shape index (κ1) is 12.8. The van der Waals surface area contributed by atoms with Gasteiger partial charge in [-0.25, -0.2) is 0 Å². The molecule has 1 rings (SSSR count). The highest BCUT2D eigenvalue weighted by Gasteiger charge is 2.09. The number of hydrogen-bond donors (Lipinski definition) is 0. The van der Waals surface area contributed by atoms with E-state index in [4.69, 9.17) is 0 Å². The van der Waals surface area contributed by atoms with E-state index in [9.17, 15) is 4.79 Å². The number of aryl methyl sites for hydroxylation is 2. The van der Waals surface area contributed by atoms with Crippen molar-refractivity contribution in [3.63, 3.8) is 0 Å². The molecule has 1 aromatic rings. The second-order valence-corrected chi connectivity index (χ2v) is 2.88. The molecule has 0 fully saturated rings. The molecule has 1 amide bonds. The molecule has 0 heterocycles.